The minimum Gasteiger partial charge on any atom is -0.379 e. The van der Waals surface area contributed by atoms with Gasteiger partial charge in [-0.2, -0.15) is 5.10 Å². The van der Waals surface area contributed by atoms with Gasteiger partial charge in [-0.25, -0.2) is 0 Å². The highest BCUT2D eigenvalue weighted by molar-refractivity contribution is 5.51. The van der Waals surface area contributed by atoms with Crippen LogP contribution >= 0.6 is 0 Å². The summed E-state index contributed by atoms with van der Waals surface area (Å²) >= 11 is 0. The van der Waals surface area contributed by atoms with Crippen molar-refractivity contribution in [2.45, 2.75) is 32.9 Å². The molecule has 1 aromatic rings. The van der Waals surface area contributed by atoms with E-state index < -0.39 is 0 Å². The van der Waals surface area contributed by atoms with E-state index in [0.29, 0.717) is 12.6 Å². The van der Waals surface area contributed by atoms with Gasteiger partial charge >= 0.3 is 0 Å². The van der Waals surface area contributed by atoms with Gasteiger partial charge in [0.05, 0.1) is 18.9 Å². The van der Waals surface area contributed by atoms with Crippen LogP contribution < -0.4 is 10.6 Å². The van der Waals surface area contributed by atoms with Crippen LogP contribution in [0.3, 0.4) is 0 Å². The molecule has 1 unspecified atom stereocenters. The van der Waals surface area contributed by atoms with Crippen LogP contribution in [0.1, 0.15) is 23.2 Å². The highest BCUT2D eigenvalue weighted by atomic mass is 16.5. The summed E-state index contributed by atoms with van der Waals surface area (Å²) in [6, 6.07) is 0.600. The van der Waals surface area contributed by atoms with Crippen molar-refractivity contribution in [2.75, 3.05) is 44.3 Å². The molecule has 0 saturated carbocycles. The van der Waals surface area contributed by atoms with E-state index in [1.165, 1.54) is 12.0 Å². The first kappa shape index (κ1) is 14.7. The average Bonchev–Trinajstić information content (AvgIpc) is 3.00. The predicted molar refractivity (Wildman–Crippen MR) is 82.4 cm³/mol. The third-order valence-corrected chi connectivity index (χ3v) is 4.79. The Labute approximate surface area is 126 Å². The summed E-state index contributed by atoms with van der Waals surface area (Å²) in [7, 11) is 0. The Morgan fingerprint density at radius 1 is 1.19 bits per heavy atom. The van der Waals surface area contributed by atoms with Gasteiger partial charge in [-0.05, 0) is 25.8 Å². The Bertz CT molecular complexity index is 501. The summed E-state index contributed by atoms with van der Waals surface area (Å²) in [6.45, 7) is 10.5. The van der Waals surface area contributed by atoms with E-state index in [4.69, 9.17) is 10.5 Å². The lowest BCUT2D eigenvalue weighted by molar-refractivity contribution is 0.0209. The SMILES string of the molecule is Cc1nnc(N2CCC(N3CCOCC3)C2)c(CN)c1C. The summed E-state index contributed by atoms with van der Waals surface area (Å²) in [5, 5.41) is 8.71. The Balaban J connectivity index is 1.75. The molecule has 116 valence electrons. The molecule has 6 heteroatoms. The van der Waals surface area contributed by atoms with Gasteiger partial charge in [0, 0.05) is 44.3 Å². The third-order valence-electron chi connectivity index (χ3n) is 4.79. The second-order valence-corrected chi connectivity index (χ2v) is 5.95. The van der Waals surface area contributed by atoms with Crippen LogP contribution in [-0.4, -0.2) is 60.5 Å². The number of nitrogens with zero attached hydrogens (tertiary/aromatic N) is 4. The molecule has 3 heterocycles. The van der Waals surface area contributed by atoms with Crippen LogP contribution in [0, 0.1) is 13.8 Å². The maximum atomic E-state index is 5.94. The lowest BCUT2D eigenvalue weighted by Gasteiger charge is -2.32. The van der Waals surface area contributed by atoms with E-state index in [-0.39, 0.29) is 0 Å². The average molecular weight is 291 g/mol. The zero-order valence-electron chi connectivity index (χ0n) is 13.0. The van der Waals surface area contributed by atoms with Crippen molar-refractivity contribution < 1.29 is 4.74 Å². The fourth-order valence-electron chi connectivity index (χ4n) is 3.32. The lowest BCUT2D eigenvalue weighted by Crippen LogP contribution is -2.44. The molecule has 0 aliphatic carbocycles. The molecule has 2 N–H and O–H groups in total. The zero-order chi connectivity index (χ0) is 14.8. The van der Waals surface area contributed by atoms with Gasteiger partial charge in [0.15, 0.2) is 5.82 Å². The Morgan fingerprint density at radius 3 is 2.67 bits per heavy atom. The minimum atomic E-state index is 0.524. The van der Waals surface area contributed by atoms with Crippen molar-refractivity contribution >= 4 is 5.82 Å². The molecule has 3 rings (SSSR count). The molecule has 2 saturated heterocycles. The van der Waals surface area contributed by atoms with Crippen molar-refractivity contribution in [3.63, 3.8) is 0 Å². The van der Waals surface area contributed by atoms with E-state index >= 15 is 0 Å². The molecule has 0 amide bonds. The predicted octanol–water partition coefficient (Wildman–Crippen LogP) is 0.463. The van der Waals surface area contributed by atoms with Gasteiger partial charge in [-0.3, -0.25) is 4.90 Å². The molecule has 1 atom stereocenters. The van der Waals surface area contributed by atoms with E-state index in [0.717, 1.165) is 56.5 Å². The summed E-state index contributed by atoms with van der Waals surface area (Å²) in [5.41, 5.74) is 9.24. The molecular weight excluding hydrogens is 266 g/mol. The summed E-state index contributed by atoms with van der Waals surface area (Å²) in [5.74, 6) is 0.983. The number of nitrogens with two attached hydrogens (primary N) is 1. The van der Waals surface area contributed by atoms with Crippen molar-refractivity contribution in [3.8, 4) is 0 Å². The van der Waals surface area contributed by atoms with Gasteiger partial charge in [-0.15, -0.1) is 5.10 Å². The fourth-order valence-corrected chi connectivity index (χ4v) is 3.32. The Morgan fingerprint density at radius 2 is 1.95 bits per heavy atom. The maximum Gasteiger partial charge on any atom is 0.156 e. The van der Waals surface area contributed by atoms with Crippen LogP contribution in [0.5, 0.6) is 0 Å². The number of aromatic nitrogens is 2. The van der Waals surface area contributed by atoms with Gasteiger partial charge < -0.3 is 15.4 Å². The van der Waals surface area contributed by atoms with Gasteiger partial charge in [0.2, 0.25) is 0 Å². The molecule has 1 aromatic heterocycles. The third kappa shape index (κ3) is 2.88. The Kier molecular flexibility index (Phi) is 4.37. The number of anilines is 1. The molecule has 0 spiro atoms. The lowest BCUT2D eigenvalue weighted by atomic mass is 10.1. The van der Waals surface area contributed by atoms with Crippen molar-refractivity contribution in [2.24, 2.45) is 5.73 Å². The molecule has 0 aromatic carbocycles. The Hall–Kier alpha value is -1.24. The number of hydrogen-bond donors (Lipinski definition) is 1. The van der Waals surface area contributed by atoms with Gasteiger partial charge in [0.1, 0.15) is 0 Å². The highest BCUT2D eigenvalue weighted by Crippen LogP contribution is 2.27. The van der Waals surface area contributed by atoms with E-state index in [1.807, 2.05) is 6.92 Å². The molecule has 2 aliphatic heterocycles. The minimum absolute atomic E-state index is 0.524. The highest BCUT2D eigenvalue weighted by Gasteiger charge is 2.30. The molecular formula is C15H25N5O. The van der Waals surface area contributed by atoms with Gasteiger partial charge in [0.25, 0.3) is 0 Å². The molecule has 6 nitrogen and oxygen atoms in total. The van der Waals surface area contributed by atoms with Crippen molar-refractivity contribution in [3.05, 3.63) is 16.8 Å². The number of rotatable bonds is 3. The van der Waals surface area contributed by atoms with Crippen molar-refractivity contribution in [1.82, 2.24) is 15.1 Å². The van der Waals surface area contributed by atoms with E-state index in [9.17, 15) is 0 Å². The molecule has 0 radical (unpaired) electrons. The number of ether oxygens (including phenoxy) is 1. The standard InChI is InChI=1S/C15H25N5O/c1-11-12(2)17-18-15(14(11)9-16)20-4-3-13(10-20)19-5-7-21-8-6-19/h13H,3-10,16H2,1-2H3. The summed E-state index contributed by atoms with van der Waals surface area (Å²) in [4.78, 5) is 4.89. The van der Waals surface area contributed by atoms with E-state index in [1.54, 1.807) is 0 Å². The molecule has 2 aliphatic rings. The van der Waals surface area contributed by atoms with Crippen LogP contribution in [0.15, 0.2) is 0 Å². The molecule has 0 bridgehead atoms. The fraction of sp³-hybridized carbons (Fsp3) is 0.733. The second-order valence-electron chi connectivity index (χ2n) is 5.95. The first-order chi connectivity index (χ1) is 10.2. The van der Waals surface area contributed by atoms with E-state index in [2.05, 4.69) is 26.9 Å². The van der Waals surface area contributed by atoms with Crippen LogP contribution in [0.25, 0.3) is 0 Å². The monoisotopic (exact) mass is 291 g/mol. The number of hydrogen-bond acceptors (Lipinski definition) is 6. The van der Waals surface area contributed by atoms with Crippen LogP contribution in [0.4, 0.5) is 5.82 Å². The zero-order valence-corrected chi connectivity index (χ0v) is 13.0. The smallest absolute Gasteiger partial charge is 0.156 e. The van der Waals surface area contributed by atoms with Gasteiger partial charge in [-0.1, -0.05) is 0 Å². The topological polar surface area (TPSA) is 67.5 Å². The maximum absolute atomic E-state index is 5.94. The summed E-state index contributed by atoms with van der Waals surface area (Å²) in [6.07, 6.45) is 1.18. The second kappa shape index (κ2) is 6.25. The van der Waals surface area contributed by atoms with Crippen molar-refractivity contribution in [1.29, 1.82) is 0 Å². The number of morpholine rings is 1. The normalized spacial score (nSPS) is 23.8. The molecule has 21 heavy (non-hydrogen) atoms. The molecule has 2 fully saturated rings. The van der Waals surface area contributed by atoms with Crippen LogP contribution in [-0.2, 0) is 11.3 Å². The first-order valence-corrected chi connectivity index (χ1v) is 7.80. The first-order valence-electron chi connectivity index (χ1n) is 7.80. The van der Waals surface area contributed by atoms with Crippen LogP contribution in [0.2, 0.25) is 0 Å². The number of aryl methyl sites for hydroxylation is 1. The largest absolute Gasteiger partial charge is 0.379 e. The quantitative estimate of drug-likeness (QED) is 0.873. The summed E-state index contributed by atoms with van der Waals surface area (Å²) < 4.78 is 5.44.